The van der Waals surface area contributed by atoms with E-state index < -0.39 is 10.0 Å². The fourth-order valence-electron chi connectivity index (χ4n) is 1.48. The van der Waals surface area contributed by atoms with Gasteiger partial charge < -0.3 is 5.32 Å². The largest absolute Gasteiger partial charge is 0.350 e. The van der Waals surface area contributed by atoms with Crippen molar-refractivity contribution in [2.45, 2.75) is 38.1 Å². The van der Waals surface area contributed by atoms with Gasteiger partial charge in [0.1, 0.15) is 0 Å². The van der Waals surface area contributed by atoms with E-state index in [-0.39, 0.29) is 22.4 Å². The molecule has 1 unspecified atom stereocenters. The molecule has 0 saturated carbocycles. The molecule has 0 aliphatic carbocycles. The SMILES string of the molecule is CCC(C)NC(=O)c1cc(C)c(Br)c(S(N)(=O)=O)c1. The molecule has 7 heteroatoms. The quantitative estimate of drug-likeness (QED) is 0.870. The van der Waals surface area contributed by atoms with Crippen LogP contribution < -0.4 is 10.5 Å². The van der Waals surface area contributed by atoms with Gasteiger partial charge in [-0.25, -0.2) is 13.6 Å². The number of nitrogens with one attached hydrogen (secondary N) is 1. The van der Waals surface area contributed by atoms with Gasteiger partial charge in [-0.3, -0.25) is 4.79 Å². The summed E-state index contributed by atoms with van der Waals surface area (Å²) in [6.45, 7) is 5.54. The van der Waals surface area contributed by atoms with E-state index in [2.05, 4.69) is 21.2 Å². The molecule has 0 heterocycles. The Morgan fingerprint density at radius 2 is 2.05 bits per heavy atom. The molecule has 1 aromatic rings. The Morgan fingerprint density at radius 3 is 2.53 bits per heavy atom. The molecule has 106 valence electrons. The van der Waals surface area contributed by atoms with E-state index in [9.17, 15) is 13.2 Å². The van der Waals surface area contributed by atoms with Gasteiger partial charge in [0.05, 0.1) is 4.90 Å². The van der Waals surface area contributed by atoms with Crippen molar-refractivity contribution in [3.8, 4) is 0 Å². The van der Waals surface area contributed by atoms with Crippen LogP contribution in [0.4, 0.5) is 0 Å². The minimum atomic E-state index is -3.87. The molecule has 1 atom stereocenters. The number of benzene rings is 1. The smallest absolute Gasteiger partial charge is 0.251 e. The van der Waals surface area contributed by atoms with Gasteiger partial charge >= 0.3 is 0 Å². The highest BCUT2D eigenvalue weighted by atomic mass is 79.9. The zero-order chi connectivity index (χ0) is 14.8. The zero-order valence-corrected chi connectivity index (χ0v) is 13.4. The molecule has 0 fully saturated rings. The monoisotopic (exact) mass is 348 g/mol. The molecule has 5 nitrogen and oxygen atoms in total. The van der Waals surface area contributed by atoms with E-state index >= 15 is 0 Å². The van der Waals surface area contributed by atoms with Crippen LogP contribution in [0.25, 0.3) is 0 Å². The van der Waals surface area contributed by atoms with Crippen LogP contribution in [0, 0.1) is 6.92 Å². The second kappa shape index (κ2) is 6.02. The normalized spacial score (nSPS) is 13.1. The van der Waals surface area contributed by atoms with Crippen LogP contribution >= 0.6 is 15.9 Å². The number of carbonyl (C=O) groups is 1. The minimum absolute atomic E-state index is 0.0226. The highest BCUT2D eigenvalue weighted by Crippen LogP contribution is 2.26. The highest BCUT2D eigenvalue weighted by Gasteiger charge is 2.18. The second-order valence-corrected chi connectivity index (χ2v) is 6.76. The molecule has 0 saturated heterocycles. The number of aryl methyl sites for hydroxylation is 1. The molecule has 1 aromatic carbocycles. The van der Waals surface area contributed by atoms with Crippen molar-refractivity contribution in [1.82, 2.24) is 5.32 Å². The standard InChI is InChI=1S/C12H17BrN2O3S/c1-4-8(3)15-12(16)9-5-7(2)11(13)10(6-9)19(14,17)18/h5-6,8H,4H2,1-3H3,(H,15,16)(H2,14,17,18). The lowest BCUT2D eigenvalue weighted by molar-refractivity contribution is 0.0939. The summed E-state index contributed by atoms with van der Waals surface area (Å²) in [6, 6.07) is 2.93. The maximum atomic E-state index is 12.0. The Bertz CT molecular complexity index is 599. The summed E-state index contributed by atoms with van der Waals surface area (Å²) in [6.07, 6.45) is 0.795. The van der Waals surface area contributed by atoms with E-state index in [4.69, 9.17) is 5.14 Å². The van der Waals surface area contributed by atoms with Crippen molar-refractivity contribution >= 4 is 31.9 Å². The number of nitrogens with two attached hydrogens (primary N) is 1. The average molecular weight is 349 g/mol. The Morgan fingerprint density at radius 1 is 1.47 bits per heavy atom. The minimum Gasteiger partial charge on any atom is -0.350 e. The van der Waals surface area contributed by atoms with Gasteiger partial charge in [0.2, 0.25) is 10.0 Å². The van der Waals surface area contributed by atoms with Gasteiger partial charge in [0.25, 0.3) is 5.91 Å². The van der Waals surface area contributed by atoms with Gasteiger partial charge in [-0.15, -0.1) is 0 Å². The predicted octanol–water partition coefficient (Wildman–Crippen LogP) is 1.93. The summed E-state index contributed by atoms with van der Waals surface area (Å²) in [5, 5.41) is 7.91. The molecular formula is C12H17BrN2O3S. The van der Waals surface area contributed by atoms with Gasteiger partial charge in [-0.2, -0.15) is 0 Å². The molecule has 1 rings (SSSR count). The highest BCUT2D eigenvalue weighted by molar-refractivity contribution is 9.10. The molecule has 0 spiro atoms. The number of hydrogen-bond donors (Lipinski definition) is 2. The number of halogens is 1. The first kappa shape index (κ1) is 16.1. The number of rotatable bonds is 4. The summed E-state index contributed by atoms with van der Waals surface area (Å²) >= 11 is 3.17. The lowest BCUT2D eigenvalue weighted by Crippen LogP contribution is -2.32. The van der Waals surface area contributed by atoms with Crippen molar-refractivity contribution in [2.24, 2.45) is 5.14 Å². The first-order valence-electron chi connectivity index (χ1n) is 5.80. The van der Waals surface area contributed by atoms with Crippen molar-refractivity contribution < 1.29 is 13.2 Å². The number of carbonyl (C=O) groups excluding carboxylic acids is 1. The van der Waals surface area contributed by atoms with Gasteiger partial charge in [0.15, 0.2) is 0 Å². The summed E-state index contributed by atoms with van der Waals surface area (Å²) in [7, 11) is -3.87. The lowest BCUT2D eigenvalue weighted by Gasteiger charge is -2.13. The molecular weight excluding hydrogens is 332 g/mol. The predicted molar refractivity (Wildman–Crippen MR) is 77.5 cm³/mol. The summed E-state index contributed by atoms with van der Waals surface area (Å²) in [5.74, 6) is -0.310. The third kappa shape index (κ3) is 4.02. The van der Waals surface area contributed by atoms with Crippen LogP contribution in [0.1, 0.15) is 36.2 Å². The third-order valence-corrected chi connectivity index (χ3v) is 5.03. The van der Waals surface area contributed by atoms with Crippen LogP contribution in [-0.2, 0) is 10.0 Å². The van der Waals surface area contributed by atoms with Crippen molar-refractivity contribution in [3.05, 3.63) is 27.7 Å². The zero-order valence-electron chi connectivity index (χ0n) is 11.0. The molecule has 0 aromatic heterocycles. The Kier molecular flexibility index (Phi) is 5.11. The summed E-state index contributed by atoms with van der Waals surface area (Å²) in [4.78, 5) is 11.9. The number of hydrogen-bond acceptors (Lipinski definition) is 3. The molecule has 0 aliphatic rings. The molecule has 0 aliphatic heterocycles. The van der Waals surface area contributed by atoms with Crippen LogP contribution in [0.2, 0.25) is 0 Å². The van der Waals surface area contributed by atoms with Gasteiger partial charge in [0, 0.05) is 16.1 Å². The third-order valence-electron chi connectivity index (χ3n) is 2.78. The van der Waals surface area contributed by atoms with Gasteiger partial charge in [-0.1, -0.05) is 6.92 Å². The maximum Gasteiger partial charge on any atom is 0.251 e. The maximum absolute atomic E-state index is 12.0. The summed E-state index contributed by atoms with van der Waals surface area (Å²) in [5.41, 5.74) is 0.922. The van der Waals surface area contributed by atoms with Crippen LogP contribution in [0.5, 0.6) is 0 Å². The van der Waals surface area contributed by atoms with Gasteiger partial charge in [-0.05, 0) is 53.9 Å². The fourth-order valence-corrected chi connectivity index (χ4v) is 3.09. The second-order valence-electron chi connectivity index (χ2n) is 4.43. The number of amides is 1. The van der Waals surface area contributed by atoms with E-state index in [1.165, 1.54) is 6.07 Å². The van der Waals surface area contributed by atoms with E-state index in [1.54, 1.807) is 13.0 Å². The number of primary sulfonamides is 1. The first-order chi connectivity index (χ1) is 8.66. The van der Waals surface area contributed by atoms with Crippen LogP contribution in [0.15, 0.2) is 21.5 Å². The van der Waals surface area contributed by atoms with E-state index in [0.717, 1.165) is 6.42 Å². The van der Waals surface area contributed by atoms with E-state index in [1.807, 2.05) is 13.8 Å². The Labute approximate surface area is 121 Å². The topological polar surface area (TPSA) is 89.3 Å². The van der Waals surface area contributed by atoms with Crippen molar-refractivity contribution in [2.75, 3.05) is 0 Å². The van der Waals surface area contributed by atoms with Crippen LogP contribution in [-0.4, -0.2) is 20.4 Å². The molecule has 1 amide bonds. The molecule has 19 heavy (non-hydrogen) atoms. The summed E-state index contributed by atoms with van der Waals surface area (Å²) < 4.78 is 23.3. The first-order valence-corrected chi connectivity index (χ1v) is 8.14. The van der Waals surface area contributed by atoms with E-state index in [0.29, 0.717) is 10.0 Å². The van der Waals surface area contributed by atoms with Crippen molar-refractivity contribution in [3.63, 3.8) is 0 Å². The van der Waals surface area contributed by atoms with Crippen LogP contribution in [0.3, 0.4) is 0 Å². The average Bonchev–Trinajstić information content (AvgIpc) is 2.30. The molecule has 3 N–H and O–H groups in total. The molecule has 0 radical (unpaired) electrons. The Balaban J connectivity index is 3.25. The lowest BCUT2D eigenvalue weighted by atomic mass is 10.1. The molecule has 0 bridgehead atoms. The number of sulfonamides is 1. The van der Waals surface area contributed by atoms with Crippen molar-refractivity contribution in [1.29, 1.82) is 0 Å². The fraction of sp³-hybridized carbons (Fsp3) is 0.417. The Hall–Kier alpha value is -0.920.